The van der Waals surface area contributed by atoms with Gasteiger partial charge in [-0.2, -0.15) is 0 Å². The van der Waals surface area contributed by atoms with Crippen LogP contribution >= 0.6 is 23.1 Å². The van der Waals surface area contributed by atoms with E-state index in [1.165, 1.54) is 35.2 Å². The van der Waals surface area contributed by atoms with Crippen LogP contribution in [0.15, 0.2) is 52.9 Å². The van der Waals surface area contributed by atoms with Crippen molar-refractivity contribution in [2.75, 3.05) is 5.32 Å². The summed E-state index contributed by atoms with van der Waals surface area (Å²) < 4.78 is 27.8. The molecular weight excluding hydrogens is 324 g/mol. The van der Waals surface area contributed by atoms with Gasteiger partial charge in [0.05, 0.1) is 5.69 Å². The van der Waals surface area contributed by atoms with Gasteiger partial charge in [-0.3, -0.25) is 0 Å². The number of para-hydroxylation sites is 1. The van der Waals surface area contributed by atoms with Gasteiger partial charge in [-0.05, 0) is 23.8 Å². The summed E-state index contributed by atoms with van der Waals surface area (Å²) >= 11 is 2.70. The smallest absolute Gasteiger partial charge is 0.210 e. The minimum absolute atomic E-state index is 0.232. The van der Waals surface area contributed by atoms with Crippen molar-refractivity contribution in [2.45, 2.75) is 10.1 Å². The summed E-state index contributed by atoms with van der Waals surface area (Å²) in [5, 5.41) is 11.4. The summed E-state index contributed by atoms with van der Waals surface area (Å²) in [6, 6.07) is 13.0. The van der Waals surface area contributed by atoms with Crippen molar-refractivity contribution in [3.63, 3.8) is 0 Å². The predicted octanol–water partition coefficient (Wildman–Crippen LogP) is 4.85. The van der Waals surface area contributed by atoms with Gasteiger partial charge in [0, 0.05) is 5.75 Å². The molecule has 7 heteroatoms. The molecule has 1 aromatic heterocycles. The third-order valence-corrected chi connectivity index (χ3v) is 4.85. The van der Waals surface area contributed by atoms with E-state index >= 15 is 0 Å². The Kier molecular flexibility index (Phi) is 4.65. The van der Waals surface area contributed by atoms with Crippen molar-refractivity contribution >= 4 is 33.9 Å². The van der Waals surface area contributed by atoms with Gasteiger partial charge in [-0.25, -0.2) is 8.78 Å². The second kappa shape index (κ2) is 6.85. The largest absolute Gasteiger partial charge is 0.328 e. The summed E-state index contributed by atoms with van der Waals surface area (Å²) in [7, 11) is 0. The lowest BCUT2D eigenvalue weighted by atomic mass is 10.2. The Morgan fingerprint density at radius 2 is 1.68 bits per heavy atom. The molecule has 112 valence electrons. The Hall–Kier alpha value is -1.99. The molecule has 0 fully saturated rings. The Labute approximate surface area is 134 Å². The Balaban J connectivity index is 1.64. The molecule has 1 N–H and O–H groups in total. The Bertz CT molecular complexity index is 777. The molecular formula is C15H11F2N3S2. The van der Waals surface area contributed by atoms with Gasteiger partial charge in [-0.15, -0.1) is 10.2 Å². The van der Waals surface area contributed by atoms with Gasteiger partial charge >= 0.3 is 0 Å². The van der Waals surface area contributed by atoms with Crippen LogP contribution in [0.3, 0.4) is 0 Å². The SMILES string of the molecule is Fc1ccccc1CSc1nnc(Nc2ccccc2F)s1. The van der Waals surface area contributed by atoms with Crippen LogP contribution in [0.1, 0.15) is 5.56 Å². The molecule has 0 aliphatic rings. The molecule has 0 aliphatic carbocycles. The summed E-state index contributed by atoms with van der Waals surface area (Å²) in [5.74, 6) is -0.108. The molecule has 0 saturated heterocycles. The molecule has 0 spiro atoms. The lowest BCUT2D eigenvalue weighted by Crippen LogP contribution is -1.92. The minimum Gasteiger partial charge on any atom is -0.328 e. The van der Waals surface area contributed by atoms with E-state index in [-0.39, 0.29) is 11.6 Å². The minimum atomic E-state index is -0.349. The number of nitrogens with zero attached hydrogens (tertiary/aromatic N) is 2. The van der Waals surface area contributed by atoms with E-state index in [0.29, 0.717) is 26.5 Å². The first-order chi connectivity index (χ1) is 10.7. The average molecular weight is 335 g/mol. The van der Waals surface area contributed by atoms with Gasteiger partial charge in [0.1, 0.15) is 11.6 Å². The third kappa shape index (κ3) is 3.61. The van der Waals surface area contributed by atoms with Crippen molar-refractivity contribution < 1.29 is 8.78 Å². The second-order valence-electron chi connectivity index (χ2n) is 4.36. The first-order valence-electron chi connectivity index (χ1n) is 6.43. The number of halogens is 2. The lowest BCUT2D eigenvalue weighted by Gasteiger charge is -2.02. The molecule has 0 atom stereocenters. The van der Waals surface area contributed by atoms with E-state index < -0.39 is 0 Å². The van der Waals surface area contributed by atoms with Crippen LogP contribution in [-0.2, 0) is 5.75 Å². The molecule has 0 amide bonds. The summed E-state index contributed by atoms with van der Waals surface area (Å²) in [6.07, 6.45) is 0. The topological polar surface area (TPSA) is 37.8 Å². The van der Waals surface area contributed by atoms with Crippen molar-refractivity contribution in [2.24, 2.45) is 0 Å². The molecule has 1 heterocycles. The van der Waals surface area contributed by atoms with Gasteiger partial charge in [0.2, 0.25) is 5.13 Å². The molecule has 2 aromatic carbocycles. The van der Waals surface area contributed by atoms with Crippen LogP contribution in [0.25, 0.3) is 0 Å². The highest BCUT2D eigenvalue weighted by molar-refractivity contribution is 8.00. The van der Waals surface area contributed by atoms with Crippen LogP contribution in [0.5, 0.6) is 0 Å². The molecule has 0 saturated carbocycles. The molecule has 0 aliphatic heterocycles. The quantitative estimate of drug-likeness (QED) is 0.676. The van der Waals surface area contributed by atoms with Crippen LogP contribution in [0.2, 0.25) is 0 Å². The molecule has 3 rings (SSSR count). The zero-order valence-electron chi connectivity index (χ0n) is 11.3. The third-order valence-electron chi connectivity index (χ3n) is 2.83. The van der Waals surface area contributed by atoms with E-state index in [0.717, 1.165) is 0 Å². The summed E-state index contributed by atoms with van der Waals surface area (Å²) in [4.78, 5) is 0. The fourth-order valence-corrected chi connectivity index (χ4v) is 3.50. The van der Waals surface area contributed by atoms with Crippen LogP contribution in [0, 0.1) is 11.6 Å². The van der Waals surface area contributed by atoms with Crippen LogP contribution < -0.4 is 5.32 Å². The molecule has 0 unspecified atom stereocenters. The van der Waals surface area contributed by atoms with Gasteiger partial charge in [0.15, 0.2) is 4.34 Å². The number of benzene rings is 2. The number of anilines is 2. The Morgan fingerprint density at radius 3 is 2.45 bits per heavy atom. The zero-order chi connectivity index (χ0) is 15.4. The fraction of sp³-hybridized carbons (Fsp3) is 0.0667. The van der Waals surface area contributed by atoms with E-state index in [2.05, 4.69) is 15.5 Å². The van der Waals surface area contributed by atoms with Crippen molar-refractivity contribution in [3.05, 3.63) is 65.7 Å². The zero-order valence-corrected chi connectivity index (χ0v) is 12.9. The van der Waals surface area contributed by atoms with Crippen LogP contribution in [0.4, 0.5) is 19.6 Å². The second-order valence-corrected chi connectivity index (χ2v) is 6.56. The van der Waals surface area contributed by atoms with Gasteiger partial charge in [-0.1, -0.05) is 53.4 Å². The van der Waals surface area contributed by atoms with Crippen molar-refractivity contribution in [1.29, 1.82) is 0 Å². The molecule has 0 bridgehead atoms. The standard InChI is InChI=1S/C15H11F2N3S2/c16-11-6-2-1-5-10(11)9-21-15-20-19-14(22-15)18-13-8-4-3-7-12(13)17/h1-8H,9H2,(H,18,19). The number of hydrogen-bond donors (Lipinski definition) is 1. The predicted molar refractivity (Wildman–Crippen MR) is 85.6 cm³/mol. The summed E-state index contributed by atoms with van der Waals surface area (Å²) in [5.41, 5.74) is 0.968. The van der Waals surface area contributed by atoms with E-state index in [1.807, 2.05) is 0 Å². The summed E-state index contributed by atoms with van der Waals surface area (Å²) in [6.45, 7) is 0. The van der Waals surface area contributed by atoms with Crippen molar-refractivity contribution in [1.82, 2.24) is 10.2 Å². The van der Waals surface area contributed by atoms with E-state index in [1.54, 1.807) is 36.4 Å². The normalized spacial score (nSPS) is 10.6. The number of hydrogen-bond acceptors (Lipinski definition) is 5. The maximum absolute atomic E-state index is 13.5. The molecule has 3 aromatic rings. The Morgan fingerprint density at radius 1 is 0.955 bits per heavy atom. The first kappa shape index (κ1) is 14.9. The highest BCUT2D eigenvalue weighted by Gasteiger charge is 2.09. The highest BCUT2D eigenvalue weighted by Crippen LogP contribution is 2.30. The van der Waals surface area contributed by atoms with Gasteiger partial charge < -0.3 is 5.32 Å². The number of rotatable bonds is 5. The monoisotopic (exact) mass is 335 g/mol. The number of nitrogens with one attached hydrogen (secondary N) is 1. The average Bonchev–Trinajstić information content (AvgIpc) is 2.96. The van der Waals surface area contributed by atoms with Crippen molar-refractivity contribution in [3.8, 4) is 0 Å². The van der Waals surface area contributed by atoms with Gasteiger partial charge in [0.25, 0.3) is 0 Å². The maximum atomic E-state index is 13.5. The molecule has 22 heavy (non-hydrogen) atoms. The molecule has 3 nitrogen and oxygen atoms in total. The van der Waals surface area contributed by atoms with E-state index in [9.17, 15) is 8.78 Å². The van der Waals surface area contributed by atoms with Crippen LogP contribution in [-0.4, -0.2) is 10.2 Å². The lowest BCUT2D eigenvalue weighted by molar-refractivity contribution is 0.617. The number of thioether (sulfide) groups is 1. The fourth-order valence-electron chi connectivity index (χ4n) is 1.75. The maximum Gasteiger partial charge on any atom is 0.210 e. The highest BCUT2D eigenvalue weighted by atomic mass is 32.2. The molecule has 0 radical (unpaired) electrons. The van der Waals surface area contributed by atoms with E-state index in [4.69, 9.17) is 0 Å². The first-order valence-corrected chi connectivity index (χ1v) is 8.24. The number of aromatic nitrogens is 2.